The number of hydrogen-bond acceptors (Lipinski definition) is 11. The number of halogens is 1. The number of nitrogens with two attached hydrogens (primary N) is 1. The van der Waals surface area contributed by atoms with Gasteiger partial charge in [-0.2, -0.15) is 0 Å². The fraction of sp³-hybridized carbons (Fsp3) is 0.409. The number of aliphatic hydroxyl groups is 1. The number of phenolic OH excluding ortho intramolecular Hbond substituents is 1. The molecule has 0 bridgehead atoms. The summed E-state index contributed by atoms with van der Waals surface area (Å²) in [4.78, 5) is 85.5. The third-order valence-corrected chi connectivity index (χ3v) is 12.6. The summed E-state index contributed by atoms with van der Waals surface area (Å²) in [5, 5.41) is 34.8. The van der Waals surface area contributed by atoms with Crippen LogP contribution >= 0.6 is 44.2 Å². The number of para-hydroxylation sites is 1. The fourth-order valence-corrected chi connectivity index (χ4v) is 8.67. The minimum atomic E-state index is -1.29. The molecule has 5 amide bonds. The van der Waals surface area contributed by atoms with Crippen LogP contribution in [0.3, 0.4) is 0 Å². The molecule has 4 rings (SSSR count). The third kappa shape index (κ3) is 15.6. The molecule has 0 saturated carbocycles. The number of aliphatic hydroxyl groups excluding tert-OH is 1. The highest BCUT2D eigenvalue weighted by Gasteiger charge is 2.34. The summed E-state index contributed by atoms with van der Waals surface area (Å²) < 4.78 is -0.486. The van der Waals surface area contributed by atoms with E-state index in [1.807, 2.05) is 67.8 Å². The highest BCUT2D eigenvalue weighted by Crippen LogP contribution is 2.21. The van der Waals surface area contributed by atoms with Crippen molar-refractivity contribution >= 4 is 88.4 Å². The molecule has 0 unspecified atom stereocenters. The topological polar surface area (TPSA) is 245 Å². The lowest BCUT2D eigenvalue weighted by atomic mass is 10.0. The third-order valence-electron chi connectivity index (χ3n) is 10.1. The van der Waals surface area contributed by atoms with E-state index >= 15 is 0 Å². The molecule has 18 heteroatoms. The number of carbonyl (C=O) groups excluding carboxylic acids is 6. The Morgan fingerprint density at radius 1 is 0.710 bits per heavy atom. The average Bonchev–Trinajstić information content (AvgIpc) is 3.66. The second-order valence-corrected chi connectivity index (χ2v) is 18.6. The Kier molecular flexibility index (Phi) is 20.5. The van der Waals surface area contributed by atoms with E-state index in [2.05, 4.69) is 31.6 Å². The van der Waals surface area contributed by atoms with E-state index in [-0.39, 0.29) is 37.2 Å². The van der Waals surface area contributed by atoms with Crippen LogP contribution in [0.25, 0.3) is 10.9 Å². The summed E-state index contributed by atoms with van der Waals surface area (Å²) in [5.74, 6) is -3.15. The molecular weight excluding hydrogens is 946 g/mol. The van der Waals surface area contributed by atoms with Crippen LogP contribution in [0.4, 0.5) is 0 Å². The maximum absolute atomic E-state index is 14.5. The Bertz CT molecular complexity index is 2110. The van der Waals surface area contributed by atoms with E-state index in [1.54, 1.807) is 18.3 Å². The lowest BCUT2D eigenvalue weighted by Crippen LogP contribution is -2.60. The molecule has 62 heavy (non-hydrogen) atoms. The van der Waals surface area contributed by atoms with Gasteiger partial charge in [-0.05, 0) is 60.9 Å². The van der Waals surface area contributed by atoms with Crippen molar-refractivity contribution in [3.8, 4) is 5.75 Å². The first-order valence-corrected chi connectivity index (χ1v) is 24.2. The van der Waals surface area contributed by atoms with Gasteiger partial charge in [0, 0.05) is 58.3 Å². The second-order valence-electron chi connectivity index (χ2n) is 15.0. The molecule has 4 aromatic rings. The number of phenols is 1. The molecule has 10 N–H and O–H groups in total. The van der Waals surface area contributed by atoms with Gasteiger partial charge in [0.2, 0.25) is 33.3 Å². The van der Waals surface area contributed by atoms with Crippen LogP contribution in [-0.2, 0) is 48.0 Å². The molecule has 334 valence electrons. The first-order chi connectivity index (χ1) is 29.7. The predicted molar refractivity (Wildman–Crippen MR) is 252 cm³/mol. The van der Waals surface area contributed by atoms with Crippen molar-refractivity contribution < 1.29 is 39.0 Å². The Labute approximate surface area is 383 Å². The number of hydrogen-bond donors (Lipinski definition) is 9. The normalized spacial score (nSPS) is 14.6. The van der Waals surface area contributed by atoms with Gasteiger partial charge in [-0.25, -0.2) is 0 Å². The van der Waals surface area contributed by atoms with E-state index in [0.29, 0.717) is 17.5 Å². The zero-order chi connectivity index (χ0) is 45.2. The monoisotopic (exact) mass is 1000 g/mol. The van der Waals surface area contributed by atoms with E-state index < -0.39 is 75.7 Å². The molecule has 7 atom stereocenters. The van der Waals surface area contributed by atoms with Crippen LogP contribution in [0.2, 0.25) is 0 Å². The summed E-state index contributed by atoms with van der Waals surface area (Å²) in [6.45, 7) is 3.37. The van der Waals surface area contributed by atoms with Crippen LogP contribution in [0.5, 0.6) is 5.75 Å². The smallest absolute Gasteiger partial charge is 0.244 e. The number of carbonyl (C=O) groups is 6. The van der Waals surface area contributed by atoms with Gasteiger partial charge < -0.3 is 47.5 Å². The molecule has 0 spiro atoms. The summed E-state index contributed by atoms with van der Waals surface area (Å²) in [6.07, 6.45) is 4.91. The van der Waals surface area contributed by atoms with Gasteiger partial charge in [-0.15, -0.1) is 0 Å². The van der Waals surface area contributed by atoms with Gasteiger partial charge in [-0.3, -0.25) is 28.8 Å². The molecule has 0 radical (unpaired) electrons. The highest BCUT2D eigenvalue weighted by molar-refractivity contribution is 14.1. The Morgan fingerprint density at radius 2 is 1.27 bits per heavy atom. The number of aromatic nitrogens is 1. The molecule has 0 aliphatic heterocycles. The zero-order valence-electron chi connectivity index (χ0n) is 34.9. The van der Waals surface area contributed by atoms with Gasteiger partial charge >= 0.3 is 0 Å². The van der Waals surface area contributed by atoms with E-state index in [0.717, 1.165) is 29.3 Å². The van der Waals surface area contributed by atoms with Crippen LogP contribution in [0, 0.1) is 0 Å². The fourth-order valence-electron chi connectivity index (χ4n) is 6.67. The Hall–Kier alpha value is -4.63. The number of unbranched alkanes of at least 4 members (excludes halogenated alkanes) is 2. The van der Waals surface area contributed by atoms with Crippen molar-refractivity contribution in [1.29, 1.82) is 0 Å². The van der Waals surface area contributed by atoms with Crippen molar-refractivity contribution in [3.05, 3.63) is 102 Å². The molecule has 15 nitrogen and oxygen atoms in total. The van der Waals surface area contributed by atoms with Crippen LogP contribution in [0.15, 0.2) is 85.1 Å². The minimum absolute atomic E-state index is 0.00175. The van der Waals surface area contributed by atoms with Gasteiger partial charge in [0.1, 0.15) is 36.0 Å². The Morgan fingerprint density at radius 3 is 1.90 bits per heavy atom. The Balaban J connectivity index is 1.65. The zero-order valence-corrected chi connectivity index (χ0v) is 38.7. The van der Waals surface area contributed by atoms with E-state index in [9.17, 15) is 39.0 Å². The van der Waals surface area contributed by atoms with E-state index in [4.69, 9.17) is 5.73 Å². The summed E-state index contributed by atoms with van der Waals surface area (Å²) >= 11 is 1.50. The molecular formula is C44H56IN7O8S2. The number of H-pyrrole nitrogens is 1. The number of amides is 5. The quantitative estimate of drug-likeness (QED) is 0.0201. The van der Waals surface area contributed by atoms with Crippen LogP contribution < -0.4 is 32.3 Å². The number of aromatic hydroxyl groups is 1. The van der Waals surface area contributed by atoms with Gasteiger partial charge in [0.15, 0.2) is 0 Å². The number of benzene rings is 3. The first kappa shape index (κ1) is 50.0. The van der Waals surface area contributed by atoms with Crippen molar-refractivity contribution in [2.75, 3.05) is 12.0 Å². The van der Waals surface area contributed by atoms with Gasteiger partial charge in [-0.1, -0.05) is 108 Å². The molecule has 0 saturated heterocycles. The second kappa shape index (κ2) is 25.5. The molecule has 0 aliphatic rings. The van der Waals surface area contributed by atoms with Gasteiger partial charge in [0.25, 0.3) is 0 Å². The van der Waals surface area contributed by atoms with E-state index in [1.165, 1.54) is 63.2 Å². The maximum atomic E-state index is 14.5. The molecule has 3 aromatic carbocycles. The van der Waals surface area contributed by atoms with Crippen LogP contribution in [-0.4, -0.2) is 103 Å². The minimum Gasteiger partial charge on any atom is -0.508 e. The molecule has 1 heterocycles. The number of nitrogens with one attached hydrogen (secondary N) is 6. The first-order valence-electron chi connectivity index (χ1n) is 20.4. The maximum Gasteiger partial charge on any atom is 0.244 e. The predicted octanol–water partition coefficient (Wildman–Crippen LogP) is 3.59. The van der Waals surface area contributed by atoms with Crippen molar-refractivity contribution in [2.45, 2.75) is 101 Å². The lowest BCUT2D eigenvalue weighted by molar-refractivity contribution is -0.135. The van der Waals surface area contributed by atoms with Crippen molar-refractivity contribution in [2.24, 2.45) is 5.73 Å². The van der Waals surface area contributed by atoms with Crippen molar-refractivity contribution in [1.82, 2.24) is 31.6 Å². The summed E-state index contributed by atoms with van der Waals surface area (Å²) in [5.41, 5.74) is 9.19. The number of rotatable bonds is 25. The molecule has 1 aromatic heterocycles. The SMILES string of the molecule is CCCCC[C@H](NC(=O)[C@@H](Cc1c[nH]c2ccccc12)NC(=O)[C@H](Cc1ccc(O)cc1)NC(=O)[C@H](CSSC)NC(=O)[C@H](N)Cc1ccccc1)C(=O)N[C@H](C(=O)I)[C@@H](C)O. The summed E-state index contributed by atoms with van der Waals surface area (Å²) in [6, 6.07) is 15.8. The van der Waals surface area contributed by atoms with Gasteiger partial charge in [0.05, 0.1) is 12.1 Å². The molecule has 0 aliphatic carbocycles. The number of aromatic amines is 1. The highest BCUT2D eigenvalue weighted by atomic mass is 127. The standard InChI is InChI=1S/C44H56IN7O8S2/c1-4-5-7-16-34(41(57)52-38(26(2)53)39(45)55)48-43(59)36(23-29-24-47-33-15-11-10-14-31(29)33)50-42(58)35(22-28-17-19-30(54)20-18-28)49-44(60)37(25-62-61-3)51-40(56)32(46)21-27-12-8-6-9-13-27/h6,8-15,17-20,24,26,32,34-38,47,53-54H,4-5,7,16,21-23,25,46H2,1-3H3,(H,48,59)(H,49,60)(H,50,58)(H,51,56)(H,52,57)/t26-,32-,34+,35+,36-,37+,38+/m1/s1. The lowest BCUT2D eigenvalue weighted by Gasteiger charge is -2.27. The van der Waals surface area contributed by atoms with Crippen molar-refractivity contribution in [3.63, 3.8) is 0 Å². The summed E-state index contributed by atoms with van der Waals surface area (Å²) in [7, 11) is 2.73. The van der Waals surface area contributed by atoms with Crippen LogP contribution in [0.1, 0.15) is 56.2 Å². The molecule has 0 fully saturated rings. The number of fused-ring (bicyclic) bond motifs is 1. The average molecular weight is 1000 g/mol. The largest absolute Gasteiger partial charge is 0.508 e.